The van der Waals surface area contributed by atoms with Crippen molar-refractivity contribution in [3.8, 4) is 17.0 Å². The Labute approximate surface area is 189 Å². The van der Waals surface area contributed by atoms with Gasteiger partial charge in [-0.15, -0.1) is 11.3 Å². The molecule has 0 aliphatic carbocycles. The third-order valence-electron chi connectivity index (χ3n) is 4.55. The van der Waals surface area contributed by atoms with Crippen LogP contribution in [0.25, 0.3) is 28.1 Å². The number of nitrogens with one attached hydrogen (secondary N) is 2. The SMILES string of the molecule is COc1ccc(/C=C/C(=O)NC(=S)Nc2nc(-c3ccc4ccccc4c3)cs2)cc1. The first-order valence-corrected chi connectivity index (χ1v) is 10.8. The number of aromatic nitrogens is 1. The van der Waals surface area contributed by atoms with Gasteiger partial charge in [-0.05, 0) is 52.8 Å². The number of carbonyl (C=O) groups is 1. The molecule has 4 rings (SSSR count). The number of nitrogens with zero attached hydrogens (tertiary/aromatic N) is 1. The molecule has 4 aromatic rings. The van der Waals surface area contributed by atoms with Crippen molar-refractivity contribution in [3.63, 3.8) is 0 Å². The normalized spacial score (nSPS) is 10.9. The summed E-state index contributed by atoms with van der Waals surface area (Å²) in [5, 5.41) is 10.7. The summed E-state index contributed by atoms with van der Waals surface area (Å²) in [6.45, 7) is 0. The first kappa shape index (κ1) is 20.7. The van der Waals surface area contributed by atoms with E-state index in [9.17, 15) is 4.79 Å². The maximum Gasteiger partial charge on any atom is 0.250 e. The Balaban J connectivity index is 1.35. The minimum absolute atomic E-state index is 0.198. The molecule has 0 bridgehead atoms. The number of thiazole rings is 1. The zero-order chi connectivity index (χ0) is 21.6. The largest absolute Gasteiger partial charge is 0.497 e. The fraction of sp³-hybridized carbons (Fsp3) is 0.0417. The predicted octanol–water partition coefficient (Wildman–Crippen LogP) is 5.50. The summed E-state index contributed by atoms with van der Waals surface area (Å²) in [6, 6.07) is 21.8. The molecule has 0 fully saturated rings. The van der Waals surface area contributed by atoms with Crippen molar-refractivity contribution in [1.29, 1.82) is 0 Å². The molecule has 1 heterocycles. The Bertz CT molecular complexity index is 1260. The molecule has 0 saturated heterocycles. The van der Waals surface area contributed by atoms with E-state index in [1.165, 1.54) is 22.8 Å². The number of fused-ring (bicyclic) bond motifs is 1. The second-order valence-corrected chi connectivity index (χ2v) is 7.92. The predicted molar refractivity (Wildman–Crippen MR) is 131 cm³/mol. The Hall–Kier alpha value is -3.55. The maximum atomic E-state index is 12.1. The van der Waals surface area contributed by atoms with Crippen LogP contribution in [-0.4, -0.2) is 23.1 Å². The van der Waals surface area contributed by atoms with E-state index < -0.39 is 0 Å². The number of hydrogen-bond donors (Lipinski definition) is 2. The zero-order valence-corrected chi connectivity index (χ0v) is 18.3. The standard InChI is InChI=1S/C24H19N3O2S2/c1-29-20-11-6-16(7-12-20)8-13-22(28)26-23(30)27-24-25-21(15-31-24)19-10-9-17-4-2-3-5-18(17)14-19/h2-15H,1H3,(H2,25,26,27,28,30)/b13-8+. The summed E-state index contributed by atoms with van der Waals surface area (Å²) < 4.78 is 5.12. The van der Waals surface area contributed by atoms with Gasteiger partial charge < -0.3 is 10.1 Å². The summed E-state index contributed by atoms with van der Waals surface area (Å²) in [5.41, 5.74) is 2.77. The van der Waals surface area contributed by atoms with Crippen molar-refractivity contribution in [1.82, 2.24) is 10.3 Å². The molecular formula is C24H19N3O2S2. The number of amides is 1. The molecule has 154 valence electrons. The zero-order valence-electron chi connectivity index (χ0n) is 16.7. The highest BCUT2D eigenvalue weighted by atomic mass is 32.1. The van der Waals surface area contributed by atoms with Gasteiger partial charge in [-0.2, -0.15) is 0 Å². The minimum atomic E-state index is -0.320. The van der Waals surface area contributed by atoms with Crippen molar-refractivity contribution < 1.29 is 9.53 Å². The third kappa shape index (κ3) is 5.33. The highest BCUT2D eigenvalue weighted by molar-refractivity contribution is 7.80. The smallest absolute Gasteiger partial charge is 0.250 e. The van der Waals surface area contributed by atoms with E-state index in [0.29, 0.717) is 5.13 Å². The van der Waals surface area contributed by atoms with Gasteiger partial charge in [0.25, 0.3) is 0 Å². The van der Waals surface area contributed by atoms with Crippen molar-refractivity contribution in [2.24, 2.45) is 0 Å². The number of thiocarbonyl (C=S) groups is 1. The summed E-state index contributed by atoms with van der Waals surface area (Å²) in [4.78, 5) is 16.7. The lowest BCUT2D eigenvalue weighted by molar-refractivity contribution is -0.115. The Morgan fingerprint density at radius 3 is 2.61 bits per heavy atom. The fourth-order valence-electron chi connectivity index (χ4n) is 2.98. The molecule has 0 radical (unpaired) electrons. The Kier molecular flexibility index (Phi) is 6.35. The molecule has 0 spiro atoms. The van der Waals surface area contributed by atoms with E-state index in [4.69, 9.17) is 17.0 Å². The van der Waals surface area contributed by atoms with Crippen LogP contribution in [0.3, 0.4) is 0 Å². The maximum absolute atomic E-state index is 12.1. The van der Waals surface area contributed by atoms with Gasteiger partial charge >= 0.3 is 0 Å². The molecule has 0 saturated carbocycles. The molecule has 7 heteroatoms. The quantitative estimate of drug-likeness (QED) is 0.314. The lowest BCUT2D eigenvalue weighted by Gasteiger charge is -2.05. The molecular weight excluding hydrogens is 426 g/mol. The Morgan fingerprint density at radius 2 is 1.84 bits per heavy atom. The van der Waals surface area contributed by atoms with E-state index in [1.54, 1.807) is 13.2 Å². The molecule has 3 aromatic carbocycles. The number of benzene rings is 3. The van der Waals surface area contributed by atoms with Gasteiger partial charge in [-0.3, -0.25) is 10.1 Å². The summed E-state index contributed by atoms with van der Waals surface area (Å²) in [5.74, 6) is 0.443. The number of rotatable bonds is 5. The van der Waals surface area contributed by atoms with Crippen molar-refractivity contribution in [2.45, 2.75) is 0 Å². The number of hydrogen-bond acceptors (Lipinski definition) is 5. The molecule has 1 amide bonds. The second kappa shape index (κ2) is 9.51. The monoisotopic (exact) mass is 445 g/mol. The average Bonchev–Trinajstić information content (AvgIpc) is 3.26. The van der Waals surface area contributed by atoms with Gasteiger partial charge in [-0.25, -0.2) is 4.98 Å². The molecule has 0 aliphatic rings. The van der Waals surface area contributed by atoms with Crippen LogP contribution < -0.4 is 15.4 Å². The van der Waals surface area contributed by atoms with Crippen molar-refractivity contribution in [2.75, 3.05) is 12.4 Å². The van der Waals surface area contributed by atoms with Gasteiger partial charge in [0.1, 0.15) is 5.75 Å². The minimum Gasteiger partial charge on any atom is -0.497 e. The highest BCUT2D eigenvalue weighted by Crippen LogP contribution is 2.27. The molecule has 0 unspecified atom stereocenters. The second-order valence-electron chi connectivity index (χ2n) is 6.65. The molecule has 2 N–H and O–H groups in total. The van der Waals surface area contributed by atoms with Crippen LogP contribution in [0.4, 0.5) is 5.13 Å². The Morgan fingerprint density at radius 1 is 1.06 bits per heavy atom. The van der Waals surface area contributed by atoms with E-state index in [1.807, 2.05) is 47.8 Å². The average molecular weight is 446 g/mol. The van der Waals surface area contributed by atoms with Crippen molar-refractivity contribution in [3.05, 3.63) is 83.7 Å². The lowest BCUT2D eigenvalue weighted by atomic mass is 10.1. The van der Waals surface area contributed by atoms with Gasteiger partial charge in [-0.1, -0.05) is 48.5 Å². The van der Waals surface area contributed by atoms with Gasteiger partial charge in [0.2, 0.25) is 5.91 Å². The van der Waals surface area contributed by atoms with Crippen LogP contribution in [0.15, 0.2) is 78.2 Å². The summed E-state index contributed by atoms with van der Waals surface area (Å²) >= 11 is 6.67. The lowest BCUT2D eigenvalue weighted by Crippen LogP contribution is -2.32. The van der Waals surface area contributed by atoms with Crippen LogP contribution in [0.1, 0.15) is 5.56 Å². The van der Waals surface area contributed by atoms with Crippen LogP contribution in [0, 0.1) is 0 Å². The first-order valence-electron chi connectivity index (χ1n) is 9.49. The molecule has 0 aliphatic heterocycles. The molecule has 0 atom stereocenters. The molecule has 1 aromatic heterocycles. The number of ether oxygens (including phenoxy) is 1. The van der Waals surface area contributed by atoms with Crippen LogP contribution in [0.2, 0.25) is 0 Å². The highest BCUT2D eigenvalue weighted by Gasteiger charge is 2.08. The fourth-order valence-corrected chi connectivity index (χ4v) is 3.97. The number of methoxy groups -OCH3 is 1. The number of carbonyl (C=O) groups excluding carboxylic acids is 1. The van der Waals surface area contributed by atoms with Crippen LogP contribution >= 0.6 is 23.6 Å². The van der Waals surface area contributed by atoms with E-state index in [-0.39, 0.29) is 11.0 Å². The third-order valence-corrected chi connectivity index (χ3v) is 5.51. The summed E-state index contributed by atoms with van der Waals surface area (Å²) in [6.07, 6.45) is 3.14. The van der Waals surface area contributed by atoms with Crippen molar-refractivity contribution >= 4 is 56.6 Å². The first-order chi connectivity index (χ1) is 15.1. The van der Waals surface area contributed by atoms with E-state index in [0.717, 1.165) is 28.0 Å². The van der Waals surface area contributed by atoms with Gasteiger partial charge in [0.05, 0.1) is 12.8 Å². The van der Waals surface area contributed by atoms with Gasteiger partial charge in [0, 0.05) is 17.0 Å². The number of anilines is 1. The van der Waals surface area contributed by atoms with Crippen LogP contribution in [0.5, 0.6) is 5.75 Å². The van der Waals surface area contributed by atoms with E-state index in [2.05, 4.69) is 39.9 Å². The molecule has 31 heavy (non-hydrogen) atoms. The van der Waals surface area contributed by atoms with Crippen LogP contribution in [-0.2, 0) is 4.79 Å². The topological polar surface area (TPSA) is 63.2 Å². The van der Waals surface area contributed by atoms with E-state index >= 15 is 0 Å². The van der Waals surface area contributed by atoms with Gasteiger partial charge in [0.15, 0.2) is 10.2 Å². The summed E-state index contributed by atoms with van der Waals surface area (Å²) in [7, 11) is 1.61. The molecule has 5 nitrogen and oxygen atoms in total.